The van der Waals surface area contributed by atoms with Crippen LogP contribution in [0.15, 0.2) is 30.5 Å². The van der Waals surface area contributed by atoms with Crippen molar-refractivity contribution >= 4 is 11.7 Å². The SMILES string of the molecule is C[C@@H](Nc1ccn(CCC(N)=O)n1)c1cc(F)ccc1F. The molecule has 2 rings (SSSR count). The fourth-order valence-electron chi connectivity index (χ4n) is 1.93. The number of hydrogen-bond acceptors (Lipinski definition) is 3. The number of carbonyl (C=O) groups excluding carboxylic acids is 1. The number of anilines is 1. The number of primary amides is 1. The van der Waals surface area contributed by atoms with Crippen molar-refractivity contribution in [1.29, 1.82) is 0 Å². The maximum Gasteiger partial charge on any atom is 0.219 e. The van der Waals surface area contributed by atoms with Gasteiger partial charge in [-0.2, -0.15) is 5.10 Å². The molecule has 7 heteroatoms. The van der Waals surface area contributed by atoms with Gasteiger partial charge in [0.1, 0.15) is 17.5 Å². The van der Waals surface area contributed by atoms with Gasteiger partial charge >= 0.3 is 0 Å². The number of nitrogens with zero attached hydrogens (tertiary/aromatic N) is 2. The highest BCUT2D eigenvalue weighted by atomic mass is 19.1. The van der Waals surface area contributed by atoms with E-state index in [0.717, 1.165) is 18.2 Å². The Bertz CT molecular complexity index is 642. The van der Waals surface area contributed by atoms with Gasteiger partial charge < -0.3 is 11.1 Å². The molecule has 0 saturated heterocycles. The molecular weight excluding hydrogens is 278 g/mol. The van der Waals surface area contributed by atoms with E-state index < -0.39 is 23.6 Å². The molecule has 0 aliphatic carbocycles. The van der Waals surface area contributed by atoms with Crippen LogP contribution >= 0.6 is 0 Å². The van der Waals surface area contributed by atoms with E-state index in [1.165, 1.54) is 0 Å². The van der Waals surface area contributed by atoms with Crippen LogP contribution in [0.2, 0.25) is 0 Å². The third-order valence-electron chi connectivity index (χ3n) is 3.02. The molecule has 0 aliphatic heterocycles. The molecule has 21 heavy (non-hydrogen) atoms. The van der Waals surface area contributed by atoms with Crippen molar-refractivity contribution in [1.82, 2.24) is 9.78 Å². The van der Waals surface area contributed by atoms with Crippen LogP contribution in [-0.4, -0.2) is 15.7 Å². The Morgan fingerprint density at radius 2 is 2.19 bits per heavy atom. The largest absolute Gasteiger partial charge is 0.370 e. The molecule has 0 bridgehead atoms. The van der Waals surface area contributed by atoms with Crippen LogP contribution in [0, 0.1) is 11.6 Å². The van der Waals surface area contributed by atoms with Crippen LogP contribution in [0.25, 0.3) is 0 Å². The summed E-state index contributed by atoms with van der Waals surface area (Å²) in [7, 11) is 0. The second-order valence-corrected chi connectivity index (χ2v) is 4.71. The lowest BCUT2D eigenvalue weighted by atomic mass is 10.1. The summed E-state index contributed by atoms with van der Waals surface area (Å²) in [6.45, 7) is 2.08. The van der Waals surface area contributed by atoms with Gasteiger partial charge in [-0.25, -0.2) is 8.78 Å². The number of halogens is 2. The number of aryl methyl sites for hydroxylation is 1. The van der Waals surface area contributed by atoms with Crippen molar-refractivity contribution in [3.05, 3.63) is 47.7 Å². The van der Waals surface area contributed by atoms with Gasteiger partial charge in [0.25, 0.3) is 0 Å². The summed E-state index contributed by atoms with van der Waals surface area (Å²) < 4.78 is 28.4. The molecule has 1 aromatic carbocycles. The van der Waals surface area contributed by atoms with Crippen molar-refractivity contribution in [2.24, 2.45) is 5.73 Å². The van der Waals surface area contributed by atoms with Crippen molar-refractivity contribution in [2.45, 2.75) is 25.9 Å². The second-order valence-electron chi connectivity index (χ2n) is 4.71. The van der Waals surface area contributed by atoms with Crippen molar-refractivity contribution in [3.63, 3.8) is 0 Å². The summed E-state index contributed by atoms with van der Waals surface area (Å²) in [5.41, 5.74) is 5.29. The number of nitrogens with one attached hydrogen (secondary N) is 1. The molecule has 1 atom stereocenters. The average Bonchev–Trinajstić information content (AvgIpc) is 2.86. The first kappa shape index (κ1) is 15.0. The number of aromatic nitrogens is 2. The molecule has 0 fully saturated rings. The van der Waals surface area contributed by atoms with Gasteiger partial charge in [0.15, 0.2) is 0 Å². The summed E-state index contributed by atoms with van der Waals surface area (Å²) in [6.07, 6.45) is 1.87. The third kappa shape index (κ3) is 4.01. The fraction of sp³-hybridized carbons (Fsp3) is 0.286. The van der Waals surface area contributed by atoms with Crippen LogP contribution in [0.3, 0.4) is 0 Å². The van der Waals surface area contributed by atoms with Gasteiger partial charge in [-0.3, -0.25) is 9.48 Å². The predicted octanol–water partition coefficient (Wildman–Crippen LogP) is 2.21. The molecule has 1 amide bonds. The first-order chi connectivity index (χ1) is 9.95. The summed E-state index contributed by atoms with van der Waals surface area (Å²) in [5, 5.41) is 7.16. The van der Waals surface area contributed by atoms with E-state index in [0.29, 0.717) is 12.4 Å². The first-order valence-corrected chi connectivity index (χ1v) is 6.49. The van der Waals surface area contributed by atoms with Gasteiger partial charge in [0, 0.05) is 30.8 Å². The number of benzene rings is 1. The molecular formula is C14H16F2N4O. The van der Waals surface area contributed by atoms with E-state index in [2.05, 4.69) is 10.4 Å². The molecule has 1 heterocycles. The predicted molar refractivity (Wildman–Crippen MR) is 74.4 cm³/mol. The van der Waals surface area contributed by atoms with E-state index in [1.807, 2.05) is 0 Å². The summed E-state index contributed by atoms with van der Waals surface area (Å²) in [6, 6.07) is 4.56. The number of carbonyl (C=O) groups is 1. The van der Waals surface area contributed by atoms with Crippen LogP contribution in [0.4, 0.5) is 14.6 Å². The fourth-order valence-corrected chi connectivity index (χ4v) is 1.93. The first-order valence-electron chi connectivity index (χ1n) is 6.49. The van der Waals surface area contributed by atoms with Gasteiger partial charge in [0.05, 0.1) is 6.04 Å². The molecule has 3 N–H and O–H groups in total. The number of hydrogen-bond donors (Lipinski definition) is 2. The zero-order valence-electron chi connectivity index (χ0n) is 11.5. The van der Waals surface area contributed by atoms with E-state index in [4.69, 9.17) is 5.73 Å². The average molecular weight is 294 g/mol. The molecule has 2 aromatic rings. The van der Waals surface area contributed by atoms with Crippen LogP contribution in [-0.2, 0) is 11.3 Å². The van der Waals surface area contributed by atoms with Gasteiger partial charge in [0.2, 0.25) is 5.91 Å². The lowest BCUT2D eigenvalue weighted by molar-refractivity contribution is -0.118. The summed E-state index contributed by atoms with van der Waals surface area (Å²) in [5.74, 6) is -0.873. The van der Waals surface area contributed by atoms with Crippen LogP contribution < -0.4 is 11.1 Å². The smallest absolute Gasteiger partial charge is 0.219 e. The lowest BCUT2D eigenvalue weighted by Crippen LogP contribution is -2.14. The van der Waals surface area contributed by atoms with Crippen molar-refractivity contribution < 1.29 is 13.6 Å². The topological polar surface area (TPSA) is 72.9 Å². The molecule has 1 aromatic heterocycles. The summed E-state index contributed by atoms with van der Waals surface area (Å²) in [4.78, 5) is 10.7. The highest BCUT2D eigenvalue weighted by molar-refractivity contribution is 5.73. The van der Waals surface area contributed by atoms with Gasteiger partial charge in [-0.15, -0.1) is 0 Å². The van der Waals surface area contributed by atoms with Crippen molar-refractivity contribution in [3.8, 4) is 0 Å². The Kier molecular flexibility index (Phi) is 4.52. The molecule has 0 radical (unpaired) electrons. The van der Waals surface area contributed by atoms with Gasteiger partial charge in [-0.05, 0) is 25.1 Å². The maximum absolute atomic E-state index is 13.7. The zero-order chi connectivity index (χ0) is 15.4. The molecule has 0 spiro atoms. The Balaban J connectivity index is 2.04. The maximum atomic E-state index is 13.7. The van der Waals surface area contributed by atoms with E-state index >= 15 is 0 Å². The summed E-state index contributed by atoms with van der Waals surface area (Å²) >= 11 is 0. The number of nitrogens with two attached hydrogens (primary N) is 1. The van der Waals surface area contributed by atoms with E-state index in [1.54, 1.807) is 23.9 Å². The third-order valence-corrected chi connectivity index (χ3v) is 3.02. The van der Waals surface area contributed by atoms with Crippen LogP contribution in [0.1, 0.15) is 24.9 Å². The van der Waals surface area contributed by atoms with Crippen LogP contribution in [0.5, 0.6) is 0 Å². The number of rotatable bonds is 6. The Hall–Kier alpha value is -2.44. The van der Waals surface area contributed by atoms with E-state index in [-0.39, 0.29) is 12.0 Å². The minimum Gasteiger partial charge on any atom is -0.370 e. The van der Waals surface area contributed by atoms with Crippen molar-refractivity contribution in [2.75, 3.05) is 5.32 Å². The normalized spacial score (nSPS) is 12.1. The Morgan fingerprint density at radius 1 is 1.43 bits per heavy atom. The molecule has 112 valence electrons. The monoisotopic (exact) mass is 294 g/mol. The molecule has 0 aliphatic rings. The van der Waals surface area contributed by atoms with Gasteiger partial charge in [-0.1, -0.05) is 0 Å². The zero-order valence-corrected chi connectivity index (χ0v) is 11.5. The molecule has 5 nitrogen and oxygen atoms in total. The minimum atomic E-state index is -0.493. The second kappa shape index (κ2) is 6.34. The quantitative estimate of drug-likeness (QED) is 0.858. The Morgan fingerprint density at radius 3 is 2.90 bits per heavy atom. The molecule has 0 unspecified atom stereocenters. The van der Waals surface area contributed by atoms with E-state index in [9.17, 15) is 13.6 Å². The Labute approximate surface area is 120 Å². The minimum absolute atomic E-state index is 0.190. The number of amides is 1. The highest BCUT2D eigenvalue weighted by Gasteiger charge is 2.13. The molecule has 0 saturated carbocycles. The highest BCUT2D eigenvalue weighted by Crippen LogP contribution is 2.21. The lowest BCUT2D eigenvalue weighted by Gasteiger charge is -2.14. The standard InChI is InChI=1S/C14H16F2N4O/c1-9(11-8-10(15)2-3-12(11)16)18-14-5-7-20(19-14)6-4-13(17)21/h2-3,5,7-9H,4,6H2,1H3,(H2,17,21)(H,18,19)/t9-/m1/s1.